The van der Waals surface area contributed by atoms with Crippen LogP contribution in [0.15, 0.2) is 48.5 Å². The molecule has 1 N–H and O–H groups in total. The average Bonchev–Trinajstić information content (AvgIpc) is 2.62. The number of benzene rings is 2. The summed E-state index contributed by atoms with van der Waals surface area (Å²) in [4.78, 5) is 12.6. The normalized spacial score (nSPS) is 12.9. The number of hydrogen-bond donors (Lipinski definition) is 1. The van der Waals surface area contributed by atoms with Gasteiger partial charge in [-0.05, 0) is 50.2 Å². The lowest BCUT2D eigenvalue weighted by Gasteiger charge is -2.28. The largest absolute Gasteiger partial charge is 0.494 e. The van der Waals surface area contributed by atoms with Crippen LogP contribution < -0.4 is 14.4 Å². The van der Waals surface area contributed by atoms with Crippen molar-refractivity contribution >= 4 is 27.3 Å². The smallest absolute Gasteiger partial charge is 0.418 e. The number of anilines is 2. The van der Waals surface area contributed by atoms with Gasteiger partial charge in [-0.2, -0.15) is 13.2 Å². The van der Waals surface area contributed by atoms with Crippen molar-refractivity contribution in [3.05, 3.63) is 54.1 Å². The molecule has 0 aliphatic rings. The summed E-state index contributed by atoms with van der Waals surface area (Å²) in [5.41, 5.74) is -1.28. The predicted molar refractivity (Wildman–Crippen MR) is 104 cm³/mol. The molecular formula is C19H21F3N2O4S. The molecule has 0 heterocycles. The fraction of sp³-hybridized carbons (Fsp3) is 0.316. The van der Waals surface area contributed by atoms with E-state index in [-0.39, 0.29) is 5.69 Å². The first-order chi connectivity index (χ1) is 13.4. The molecule has 0 aliphatic carbocycles. The molecule has 0 aromatic heterocycles. The molecule has 0 bridgehead atoms. The third-order valence-corrected chi connectivity index (χ3v) is 5.22. The van der Waals surface area contributed by atoms with Crippen LogP contribution in [-0.4, -0.2) is 33.2 Å². The molecule has 29 heavy (non-hydrogen) atoms. The van der Waals surface area contributed by atoms with Crippen LogP contribution in [-0.2, 0) is 21.0 Å². The molecule has 2 rings (SSSR count). The Kier molecular flexibility index (Phi) is 6.78. The Balaban J connectivity index is 2.33. The Hall–Kier alpha value is -2.75. The molecule has 10 heteroatoms. The number of nitrogens with zero attached hydrogens (tertiary/aromatic N) is 1. The van der Waals surface area contributed by atoms with Gasteiger partial charge in [-0.25, -0.2) is 8.42 Å². The highest BCUT2D eigenvalue weighted by molar-refractivity contribution is 7.92. The topological polar surface area (TPSA) is 75.7 Å². The second kappa shape index (κ2) is 8.73. The Morgan fingerprint density at radius 2 is 1.72 bits per heavy atom. The summed E-state index contributed by atoms with van der Waals surface area (Å²) >= 11 is 0. The van der Waals surface area contributed by atoms with E-state index in [0.717, 1.165) is 22.7 Å². The molecule has 158 valence electrons. The SMILES string of the molecule is CCOc1ccc(N([C@@H](C)C(=O)Nc2ccccc2C(F)(F)F)S(C)(=O)=O)cc1. The fourth-order valence-electron chi connectivity index (χ4n) is 2.74. The van der Waals surface area contributed by atoms with E-state index in [9.17, 15) is 26.4 Å². The molecule has 0 unspecified atom stereocenters. The van der Waals surface area contributed by atoms with Crippen LogP contribution >= 0.6 is 0 Å². The highest BCUT2D eigenvalue weighted by Gasteiger charge is 2.35. The summed E-state index contributed by atoms with van der Waals surface area (Å²) in [6, 6.07) is 9.18. The van der Waals surface area contributed by atoms with Crippen molar-refractivity contribution < 1.29 is 31.1 Å². The molecule has 0 aliphatic heterocycles. The maximum absolute atomic E-state index is 13.1. The Labute approximate surface area is 167 Å². The van der Waals surface area contributed by atoms with Crippen molar-refractivity contribution in [2.24, 2.45) is 0 Å². The van der Waals surface area contributed by atoms with Crippen LogP contribution in [0.3, 0.4) is 0 Å². The molecule has 0 spiro atoms. The van der Waals surface area contributed by atoms with Gasteiger partial charge in [0.05, 0.1) is 29.8 Å². The van der Waals surface area contributed by atoms with E-state index in [2.05, 4.69) is 5.32 Å². The number of alkyl halides is 3. The van der Waals surface area contributed by atoms with E-state index in [1.165, 1.54) is 31.2 Å². The quantitative estimate of drug-likeness (QED) is 0.723. The standard InChI is InChI=1S/C19H21F3N2O4S/c1-4-28-15-11-9-14(10-12-15)24(29(3,26)27)13(2)18(25)23-17-8-6-5-7-16(17)19(20,21)22/h5-13H,4H2,1-3H3,(H,23,25)/t13-/m0/s1. The minimum Gasteiger partial charge on any atom is -0.494 e. The Morgan fingerprint density at radius 3 is 2.24 bits per heavy atom. The van der Waals surface area contributed by atoms with Crippen molar-refractivity contribution in [1.82, 2.24) is 0 Å². The number of nitrogens with one attached hydrogen (secondary N) is 1. The number of para-hydroxylation sites is 1. The van der Waals surface area contributed by atoms with Crippen LogP contribution in [0.25, 0.3) is 0 Å². The second-order valence-electron chi connectivity index (χ2n) is 6.19. The van der Waals surface area contributed by atoms with Gasteiger partial charge in [0, 0.05) is 0 Å². The van der Waals surface area contributed by atoms with Crippen LogP contribution in [0, 0.1) is 0 Å². The van der Waals surface area contributed by atoms with Crippen molar-refractivity contribution in [1.29, 1.82) is 0 Å². The van der Waals surface area contributed by atoms with E-state index < -0.39 is 39.4 Å². The number of carbonyl (C=O) groups is 1. The Morgan fingerprint density at radius 1 is 1.14 bits per heavy atom. The lowest BCUT2D eigenvalue weighted by molar-refractivity contribution is -0.137. The molecule has 1 amide bonds. The number of hydrogen-bond acceptors (Lipinski definition) is 4. The number of carbonyl (C=O) groups excluding carboxylic acids is 1. The zero-order valence-electron chi connectivity index (χ0n) is 16.0. The molecule has 0 fully saturated rings. The highest BCUT2D eigenvalue weighted by Crippen LogP contribution is 2.35. The van der Waals surface area contributed by atoms with E-state index in [0.29, 0.717) is 12.4 Å². The van der Waals surface area contributed by atoms with Gasteiger partial charge >= 0.3 is 6.18 Å². The summed E-state index contributed by atoms with van der Waals surface area (Å²) in [6.07, 6.45) is -3.75. The molecule has 0 saturated carbocycles. The number of ether oxygens (including phenoxy) is 1. The molecule has 2 aromatic rings. The first kappa shape index (κ1) is 22.5. The number of amides is 1. The lowest BCUT2D eigenvalue weighted by Crippen LogP contribution is -2.45. The van der Waals surface area contributed by atoms with Gasteiger partial charge in [0.15, 0.2) is 0 Å². The van der Waals surface area contributed by atoms with E-state index in [1.807, 2.05) is 0 Å². The molecule has 0 saturated heterocycles. The number of halogens is 3. The van der Waals surface area contributed by atoms with Crippen molar-refractivity contribution in [3.63, 3.8) is 0 Å². The van der Waals surface area contributed by atoms with Gasteiger partial charge in [0.25, 0.3) is 0 Å². The fourth-order valence-corrected chi connectivity index (χ4v) is 3.92. The predicted octanol–water partition coefficient (Wildman–Crippen LogP) is 3.90. The van der Waals surface area contributed by atoms with Crippen LogP contribution in [0.1, 0.15) is 19.4 Å². The zero-order chi connectivity index (χ0) is 21.8. The molecule has 2 aromatic carbocycles. The third-order valence-electron chi connectivity index (χ3n) is 3.98. The monoisotopic (exact) mass is 430 g/mol. The van der Waals surface area contributed by atoms with Gasteiger partial charge in [-0.15, -0.1) is 0 Å². The molecular weight excluding hydrogens is 409 g/mol. The van der Waals surface area contributed by atoms with Gasteiger partial charge < -0.3 is 10.1 Å². The number of rotatable bonds is 7. The summed E-state index contributed by atoms with van der Waals surface area (Å²) in [7, 11) is -3.91. The lowest BCUT2D eigenvalue weighted by atomic mass is 10.1. The van der Waals surface area contributed by atoms with Gasteiger partial charge in [-0.3, -0.25) is 9.10 Å². The minimum absolute atomic E-state index is 0.183. The Bertz CT molecular complexity index is 960. The summed E-state index contributed by atoms with van der Waals surface area (Å²) < 4.78 is 70.2. The van der Waals surface area contributed by atoms with Crippen molar-refractivity contribution in [2.75, 3.05) is 22.5 Å². The van der Waals surface area contributed by atoms with Gasteiger partial charge in [-0.1, -0.05) is 12.1 Å². The van der Waals surface area contributed by atoms with Gasteiger partial charge in [0.2, 0.25) is 15.9 Å². The van der Waals surface area contributed by atoms with Crippen LogP contribution in [0.5, 0.6) is 5.75 Å². The maximum Gasteiger partial charge on any atom is 0.418 e. The number of sulfonamides is 1. The highest BCUT2D eigenvalue weighted by atomic mass is 32.2. The summed E-state index contributed by atoms with van der Waals surface area (Å²) in [5.74, 6) is -0.387. The third kappa shape index (κ3) is 5.63. The van der Waals surface area contributed by atoms with E-state index in [1.54, 1.807) is 19.1 Å². The molecule has 1 atom stereocenters. The van der Waals surface area contributed by atoms with Crippen LogP contribution in [0.2, 0.25) is 0 Å². The van der Waals surface area contributed by atoms with Gasteiger partial charge in [0.1, 0.15) is 11.8 Å². The second-order valence-corrected chi connectivity index (χ2v) is 8.05. The minimum atomic E-state index is -4.67. The average molecular weight is 430 g/mol. The zero-order valence-corrected chi connectivity index (χ0v) is 16.8. The van der Waals surface area contributed by atoms with Crippen LogP contribution in [0.4, 0.5) is 24.5 Å². The van der Waals surface area contributed by atoms with E-state index in [4.69, 9.17) is 4.74 Å². The first-order valence-corrected chi connectivity index (χ1v) is 10.5. The van der Waals surface area contributed by atoms with Crippen molar-refractivity contribution in [2.45, 2.75) is 26.1 Å². The molecule has 0 radical (unpaired) electrons. The first-order valence-electron chi connectivity index (χ1n) is 8.64. The van der Waals surface area contributed by atoms with Crippen molar-refractivity contribution in [3.8, 4) is 5.75 Å². The summed E-state index contributed by atoms with van der Waals surface area (Å²) in [6.45, 7) is 3.51. The maximum atomic E-state index is 13.1. The molecule has 6 nitrogen and oxygen atoms in total. The van der Waals surface area contributed by atoms with E-state index >= 15 is 0 Å². The summed E-state index contributed by atoms with van der Waals surface area (Å²) in [5, 5.41) is 2.18.